The van der Waals surface area contributed by atoms with Crippen LogP contribution in [-0.2, 0) is 4.84 Å². The molecule has 0 radical (unpaired) electrons. The van der Waals surface area contributed by atoms with Gasteiger partial charge in [-0.2, -0.15) is 0 Å². The van der Waals surface area contributed by atoms with Crippen LogP contribution >= 0.6 is 0 Å². The summed E-state index contributed by atoms with van der Waals surface area (Å²) in [6.07, 6.45) is 1.47. The maximum Gasteiger partial charge on any atom is 0.293 e. The summed E-state index contributed by atoms with van der Waals surface area (Å²) >= 11 is 0. The third kappa shape index (κ3) is 4.78. The minimum atomic E-state index is -0.331. The van der Waals surface area contributed by atoms with E-state index in [2.05, 4.69) is 68.3 Å². The van der Waals surface area contributed by atoms with E-state index in [1.807, 2.05) is 18.2 Å². The number of oxime groups is 1. The number of rotatable bonds is 7. The molecule has 0 saturated carbocycles. The average molecular weight is 431 g/mol. The number of hydrogen-bond donors (Lipinski definition) is 0. The monoisotopic (exact) mass is 430 g/mol. The van der Waals surface area contributed by atoms with Crippen LogP contribution in [-0.4, -0.2) is 49.3 Å². The molecule has 32 heavy (non-hydrogen) atoms. The van der Waals surface area contributed by atoms with Crippen LogP contribution in [0.3, 0.4) is 0 Å². The third-order valence-corrected chi connectivity index (χ3v) is 5.75. The van der Waals surface area contributed by atoms with Crippen molar-refractivity contribution in [2.24, 2.45) is 5.16 Å². The predicted octanol–water partition coefficient (Wildman–Crippen LogP) is 4.49. The first-order valence-corrected chi connectivity index (χ1v) is 10.6. The maximum atomic E-state index is 11.7. The van der Waals surface area contributed by atoms with Crippen molar-refractivity contribution in [1.82, 2.24) is 4.90 Å². The minimum Gasteiger partial charge on any atom is -0.399 e. The molecule has 4 rings (SSSR count). The molecule has 0 N–H and O–H groups in total. The summed E-state index contributed by atoms with van der Waals surface area (Å²) in [6.45, 7) is 3.03. The van der Waals surface area contributed by atoms with Gasteiger partial charge in [0.1, 0.15) is 12.8 Å². The lowest BCUT2D eigenvalue weighted by Crippen LogP contribution is -2.48. The van der Waals surface area contributed by atoms with Gasteiger partial charge in [0.15, 0.2) is 0 Å². The van der Waals surface area contributed by atoms with Crippen molar-refractivity contribution in [1.29, 1.82) is 0 Å². The van der Waals surface area contributed by atoms with Crippen molar-refractivity contribution in [3.8, 4) is 0 Å². The molecule has 3 aromatic carbocycles. The molecule has 3 aromatic rings. The van der Waals surface area contributed by atoms with Gasteiger partial charge in [0.2, 0.25) is 0 Å². The highest BCUT2D eigenvalue weighted by atomic mass is 16.6. The van der Waals surface area contributed by atoms with Crippen molar-refractivity contribution >= 4 is 17.6 Å². The number of hydrogen-bond acceptors (Lipinski definition) is 6. The van der Waals surface area contributed by atoms with Crippen LogP contribution in [0.5, 0.6) is 0 Å². The lowest BCUT2D eigenvalue weighted by Gasteiger charge is -2.40. The van der Waals surface area contributed by atoms with Gasteiger partial charge in [-0.1, -0.05) is 71.9 Å². The van der Waals surface area contributed by atoms with E-state index < -0.39 is 0 Å². The predicted molar refractivity (Wildman–Crippen MR) is 126 cm³/mol. The summed E-state index contributed by atoms with van der Waals surface area (Å²) in [6, 6.07) is 26.3. The van der Waals surface area contributed by atoms with Gasteiger partial charge in [0.05, 0.1) is 17.2 Å². The Labute approximate surface area is 187 Å². The largest absolute Gasteiger partial charge is 0.399 e. The van der Waals surface area contributed by atoms with Gasteiger partial charge in [-0.05, 0) is 17.2 Å². The molecule has 0 spiro atoms. The zero-order valence-electron chi connectivity index (χ0n) is 18.0. The van der Waals surface area contributed by atoms with Crippen LogP contribution in [0.4, 0.5) is 11.4 Å². The van der Waals surface area contributed by atoms with Crippen LogP contribution in [0, 0.1) is 10.1 Å². The van der Waals surface area contributed by atoms with Crippen LogP contribution in [0.15, 0.2) is 84.0 Å². The zero-order chi connectivity index (χ0) is 22.3. The molecule has 0 bridgehead atoms. The highest BCUT2D eigenvalue weighted by Gasteiger charge is 2.29. The van der Waals surface area contributed by atoms with Crippen molar-refractivity contribution < 1.29 is 9.76 Å². The summed E-state index contributed by atoms with van der Waals surface area (Å²) in [5, 5.41) is 15.4. The van der Waals surface area contributed by atoms with Gasteiger partial charge in [-0.25, -0.2) is 0 Å². The van der Waals surface area contributed by atoms with E-state index in [0.717, 1.165) is 13.1 Å². The van der Waals surface area contributed by atoms with E-state index in [1.54, 1.807) is 12.1 Å². The second-order valence-electron chi connectivity index (χ2n) is 7.67. The Morgan fingerprint density at radius 2 is 1.53 bits per heavy atom. The highest BCUT2D eigenvalue weighted by Crippen LogP contribution is 2.33. The van der Waals surface area contributed by atoms with E-state index in [-0.39, 0.29) is 16.7 Å². The van der Waals surface area contributed by atoms with Crippen LogP contribution in [0.1, 0.15) is 22.7 Å². The molecule has 7 nitrogen and oxygen atoms in total. The van der Waals surface area contributed by atoms with Gasteiger partial charge in [-0.3, -0.25) is 15.0 Å². The normalized spacial score (nSPS) is 14.8. The second kappa shape index (κ2) is 10.1. The smallest absolute Gasteiger partial charge is 0.293 e. The van der Waals surface area contributed by atoms with E-state index in [0.29, 0.717) is 24.3 Å². The Balaban J connectivity index is 1.55. The zero-order valence-corrected chi connectivity index (χ0v) is 18.0. The van der Waals surface area contributed by atoms with E-state index >= 15 is 0 Å². The summed E-state index contributed by atoms with van der Waals surface area (Å²) in [5.41, 5.74) is 3.86. The molecule has 0 unspecified atom stereocenters. The van der Waals surface area contributed by atoms with Crippen molar-refractivity contribution in [3.63, 3.8) is 0 Å². The molecule has 0 atom stereocenters. The Morgan fingerprint density at radius 3 is 2.06 bits per heavy atom. The van der Waals surface area contributed by atoms with E-state index in [1.165, 1.54) is 24.5 Å². The molecule has 0 amide bonds. The number of nitro groups is 1. The van der Waals surface area contributed by atoms with Gasteiger partial charge in [0, 0.05) is 37.8 Å². The van der Waals surface area contributed by atoms with Crippen LogP contribution in [0.25, 0.3) is 0 Å². The molecule has 7 heteroatoms. The highest BCUT2D eigenvalue weighted by molar-refractivity contribution is 5.83. The molecule has 0 aromatic heterocycles. The summed E-state index contributed by atoms with van der Waals surface area (Å²) in [7, 11) is 1.44. The minimum absolute atomic E-state index is 0.0844. The molecule has 0 aliphatic carbocycles. The molecule has 1 heterocycles. The molecule has 1 fully saturated rings. The van der Waals surface area contributed by atoms with Gasteiger partial charge >= 0.3 is 0 Å². The van der Waals surface area contributed by atoms with Gasteiger partial charge < -0.3 is 9.74 Å². The van der Waals surface area contributed by atoms with Crippen molar-refractivity contribution in [2.45, 2.75) is 6.04 Å². The van der Waals surface area contributed by atoms with E-state index in [4.69, 9.17) is 0 Å². The third-order valence-electron chi connectivity index (χ3n) is 5.75. The van der Waals surface area contributed by atoms with Gasteiger partial charge in [0.25, 0.3) is 5.69 Å². The van der Waals surface area contributed by atoms with Crippen LogP contribution < -0.4 is 4.90 Å². The lowest BCUT2D eigenvalue weighted by molar-refractivity contribution is -0.384. The molecule has 1 saturated heterocycles. The fourth-order valence-electron chi connectivity index (χ4n) is 4.25. The fraction of sp³-hybridized carbons (Fsp3) is 0.240. The topological polar surface area (TPSA) is 71.2 Å². The molecular weight excluding hydrogens is 404 g/mol. The Hall–Kier alpha value is -3.71. The SMILES string of the molecule is CO/N=C/c1ccc(N2CCN(C(c3ccccc3)c3ccccc3)CC2)c([N+](=O)[O-])c1. The fourth-order valence-corrected chi connectivity index (χ4v) is 4.25. The number of nitro benzene ring substituents is 1. The molecule has 1 aliphatic rings. The maximum absolute atomic E-state index is 11.7. The average Bonchev–Trinajstić information content (AvgIpc) is 2.84. The van der Waals surface area contributed by atoms with Crippen molar-refractivity contribution in [3.05, 3.63) is 106 Å². The molecular formula is C25H26N4O3. The Kier molecular flexibility index (Phi) is 6.77. The standard InChI is InChI=1S/C25H26N4O3/c1-32-26-19-20-12-13-23(24(18-20)29(30)31)27-14-16-28(17-15-27)25(21-8-4-2-5-9-21)22-10-6-3-7-11-22/h2-13,18-19,25H,14-17H2,1H3/b26-19+. The first-order valence-electron chi connectivity index (χ1n) is 10.6. The lowest BCUT2D eigenvalue weighted by atomic mass is 9.96. The molecule has 1 aliphatic heterocycles. The second-order valence-corrected chi connectivity index (χ2v) is 7.67. The summed E-state index contributed by atoms with van der Waals surface area (Å²) in [4.78, 5) is 20.6. The quantitative estimate of drug-likeness (QED) is 0.314. The van der Waals surface area contributed by atoms with Crippen molar-refractivity contribution in [2.75, 3.05) is 38.2 Å². The number of anilines is 1. The number of benzene rings is 3. The van der Waals surface area contributed by atoms with E-state index in [9.17, 15) is 10.1 Å². The van der Waals surface area contributed by atoms with Gasteiger partial charge in [-0.15, -0.1) is 0 Å². The first kappa shape index (κ1) is 21.5. The number of piperazine rings is 1. The molecule has 164 valence electrons. The first-order chi connectivity index (χ1) is 15.7. The Morgan fingerprint density at radius 1 is 0.938 bits per heavy atom. The summed E-state index contributed by atoms with van der Waals surface area (Å²) < 4.78 is 0. The number of nitrogens with zero attached hydrogens (tertiary/aromatic N) is 4. The Bertz CT molecular complexity index is 1030. The van der Waals surface area contributed by atoms with Crippen LogP contribution in [0.2, 0.25) is 0 Å². The summed E-state index contributed by atoms with van der Waals surface area (Å²) in [5.74, 6) is 0.